The van der Waals surface area contributed by atoms with Crippen molar-refractivity contribution in [3.05, 3.63) is 28.2 Å². The third-order valence-electron chi connectivity index (χ3n) is 4.08. The summed E-state index contributed by atoms with van der Waals surface area (Å²) in [4.78, 5) is 23.5. The molecule has 0 heterocycles. The SMILES string of the molecule is O=C(CCCC(=O)Oc1cc(Cl)ccc1Cl)OCC1CCCCC1. The maximum absolute atomic E-state index is 11.8. The van der Waals surface area contributed by atoms with Crippen molar-refractivity contribution in [2.24, 2.45) is 5.92 Å². The number of carbonyl (C=O) groups is 2. The first kappa shape index (κ1) is 19.1. The Hall–Kier alpha value is -1.26. The predicted octanol–water partition coefficient (Wildman–Crippen LogP) is 5.19. The fourth-order valence-corrected chi connectivity index (χ4v) is 3.06. The second kappa shape index (κ2) is 9.90. The molecule has 0 aliphatic heterocycles. The van der Waals surface area contributed by atoms with E-state index in [0.717, 1.165) is 12.8 Å². The van der Waals surface area contributed by atoms with Crippen molar-refractivity contribution < 1.29 is 19.1 Å². The van der Waals surface area contributed by atoms with Gasteiger partial charge in [0.15, 0.2) is 5.75 Å². The molecular weight excluding hydrogens is 351 g/mol. The summed E-state index contributed by atoms with van der Waals surface area (Å²) in [6, 6.07) is 4.67. The first-order valence-corrected chi connectivity index (χ1v) is 9.11. The highest BCUT2D eigenvalue weighted by atomic mass is 35.5. The zero-order valence-corrected chi connectivity index (χ0v) is 15.1. The number of ether oxygens (including phenoxy) is 2. The van der Waals surface area contributed by atoms with Crippen LogP contribution < -0.4 is 4.74 Å². The van der Waals surface area contributed by atoms with Gasteiger partial charge in [0.05, 0.1) is 11.6 Å². The molecule has 1 aromatic carbocycles. The van der Waals surface area contributed by atoms with Gasteiger partial charge in [0.1, 0.15) is 0 Å². The van der Waals surface area contributed by atoms with Crippen LogP contribution in [0, 0.1) is 5.92 Å². The molecule has 0 aromatic heterocycles. The number of rotatable bonds is 7. The number of esters is 2. The van der Waals surface area contributed by atoms with Crippen LogP contribution in [0.5, 0.6) is 5.75 Å². The average Bonchev–Trinajstić information content (AvgIpc) is 2.57. The summed E-state index contributed by atoms with van der Waals surface area (Å²) in [6.45, 7) is 0.501. The Labute approximate surface area is 152 Å². The number of halogens is 2. The zero-order chi connectivity index (χ0) is 17.4. The van der Waals surface area contributed by atoms with E-state index in [1.807, 2.05) is 0 Å². The Morgan fingerprint density at radius 3 is 2.50 bits per heavy atom. The molecule has 0 spiro atoms. The molecule has 1 aromatic rings. The first-order valence-electron chi connectivity index (χ1n) is 8.36. The number of hydrogen-bond donors (Lipinski definition) is 0. The molecule has 4 nitrogen and oxygen atoms in total. The highest BCUT2D eigenvalue weighted by Crippen LogP contribution is 2.28. The Balaban J connectivity index is 1.63. The molecule has 0 saturated heterocycles. The van der Waals surface area contributed by atoms with Gasteiger partial charge < -0.3 is 9.47 Å². The van der Waals surface area contributed by atoms with Crippen LogP contribution >= 0.6 is 23.2 Å². The molecule has 132 valence electrons. The normalized spacial score (nSPS) is 15.1. The van der Waals surface area contributed by atoms with E-state index in [9.17, 15) is 9.59 Å². The lowest BCUT2D eigenvalue weighted by Gasteiger charge is -2.20. The van der Waals surface area contributed by atoms with Crippen molar-refractivity contribution in [3.63, 3.8) is 0 Å². The number of benzene rings is 1. The van der Waals surface area contributed by atoms with Crippen molar-refractivity contribution in [2.45, 2.75) is 51.4 Å². The monoisotopic (exact) mass is 372 g/mol. The van der Waals surface area contributed by atoms with Crippen LogP contribution in [-0.2, 0) is 14.3 Å². The van der Waals surface area contributed by atoms with E-state index in [0.29, 0.717) is 29.0 Å². The van der Waals surface area contributed by atoms with Gasteiger partial charge >= 0.3 is 11.9 Å². The lowest BCUT2D eigenvalue weighted by atomic mass is 9.90. The van der Waals surface area contributed by atoms with E-state index in [-0.39, 0.29) is 24.6 Å². The standard InChI is InChI=1S/C18H22Cl2O4/c19-14-9-10-15(20)16(11-14)24-18(22)8-4-7-17(21)23-12-13-5-2-1-3-6-13/h9-11,13H,1-8,12H2. The quantitative estimate of drug-likeness (QED) is 0.487. The van der Waals surface area contributed by atoms with Crippen LogP contribution in [0.3, 0.4) is 0 Å². The molecule has 0 radical (unpaired) electrons. The summed E-state index contributed by atoms with van der Waals surface area (Å²) >= 11 is 11.8. The Kier molecular flexibility index (Phi) is 7.86. The van der Waals surface area contributed by atoms with Gasteiger partial charge in [0, 0.05) is 23.9 Å². The summed E-state index contributed by atoms with van der Waals surface area (Å²) < 4.78 is 10.4. The van der Waals surface area contributed by atoms with E-state index in [2.05, 4.69) is 0 Å². The smallest absolute Gasteiger partial charge is 0.311 e. The Bertz CT molecular complexity index is 568. The molecule has 0 atom stereocenters. The largest absolute Gasteiger partial charge is 0.465 e. The van der Waals surface area contributed by atoms with Crippen LogP contribution in [-0.4, -0.2) is 18.5 Å². The van der Waals surface area contributed by atoms with E-state index in [1.165, 1.54) is 25.3 Å². The molecule has 1 saturated carbocycles. The molecule has 1 fully saturated rings. The molecule has 0 bridgehead atoms. The third kappa shape index (κ3) is 6.70. The Morgan fingerprint density at radius 2 is 1.75 bits per heavy atom. The molecule has 6 heteroatoms. The topological polar surface area (TPSA) is 52.6 Å². The van der Waals surface area contributed by atoms with Gasteiger partial charge in [-0.25, -0.2) is 0 Å². The summed E-state index contributed by atoms with van der Waals surface area (Å²) in [5.74, 6) is 0.0279. The molecule has 1 aliphatic rings. The second-order valence-corrected chi connectivity index (χ2v) is 6.93. The van der Waals surface area contributed by atoms with Gasteiger partial charge in [-0.3, -0.25) is 9.59 Å². The molecule has 2 rings (SSSR count). The van der Waals surface area contributed by atoms with Crippen LogP contribution in [0.1, 0.15) is 51.4 Å². The van der Waals surface area contributed by atoms with Crippen molar-refractivity contribution in [3.8, 4) is 5.75 Å². The minimum atomic E-state index is -0.445. The second-order valence-electron chi connectivity index (χ2n) is 6.09. The lowest BCUT2D eigenvalue weighted by molar-refractivity contribution is -0.145. The fourth-order valence-electron chi connectivity index (χ4n) is 2.74. The first-order chi connectivity index (χ1) is 11.5. The van der Waals surface area contributed by atoms with Gasteiger partial charge in [-0.15, -0.1) is 0 Å². The minimum absolute atomic E-state index is 0.126. The van der Waals surface area contributed by atoms with Gasteiger partial charge in [-0.2, -0.15) is 0 Å². The Morgan fingerprint density at radius 1 is 1.04 bits per heavy atom. The van der Waals surface area contributed by atoms with Crippen LogP contribution in [0.2, 0.25) is 10.0 Å². The average molecular weight is 373 g/mol. The molecule has 0 N–H and O–H groups in total. The highest BCUT2D eigenvalue weighted by molar-refractivity contribution is 6.34. The number of hydrogen-bond acceptors (Lipinski definition) is 4. The van der Waals surface area contributed by atoms with Gasteiger partial charge in [0.2, 0.25) is 0 Å². The van der Waals surface area contributed by atoms with Crippen molar-refractivity contribution in [1.82, 2.24) is 0 Å². The minimum Gasteiger partial charge on any atom is -0.465 e. The molecule has 1 aliphatic carbocycles. The van der Waals surface area contributed by atoms with E-state index in [4.69, 9.17) is 32.7 Å². The molecule has 0 amide bonds. The maximum atomic E-state index is 11.8. The van der Waals surface area contributed by atoms with Crippen LogP contribution in [0.15, 0.2) is 18.2 Å². The van der Waals surface area contributed by atoms with Gasteiger partial charge in [0.25, 0.3) is 0 Å². The molecular formula is C18H22Cl2O4. The van der Waals surface area contributed by atoms with Crippen molar-refractivity contribution in [2.75, 3.05) is 6.61 Å². The van der Waals surface area contributed by atoms with E-state index >= 15 is 0 Å². The van der Waals surface area contributed by atoms with Crippen molar-refractivity contribution in [1.29, 1.82) is 0 Å². The van der Waals surface area contributed by atoms with Crippen LogP contribution in [0.4, 0.5) is 0 Å². The summed E-state index contributed by atoms with van der Waals surface area (Å²) in [5, 5.41) is 0.758. The maximum Gasteiger partial charge on any atom is 0.311 e. The lowest BCUT2D eigenvalue weighted by Crippen LogP contribution is -2.17. The highest BCUT2D eigenvalue weighted by Gasteiger charge is 2.16. The molecule has 0 unspecified atom stereocenters. The summed E-state index contributed by atoms with van der Waals surface area (Å²) in [6.07, 6.45) is 6.73. The van der Waals surface area contributed by atoms with Crippen molar-refractivity contribution >= 4 is 35.1 Å². The zero-order valence-electron chi connectivity index (χ0n) is 13.6. The summed E-state index contributed by atoms with van der Waals surface area (Å²) in [7, 11) is 0. The van der Waals surface area contributed by atoms with Gasteiger partial charge in [-0.1, -0.05) is 42.5 Å². The molecule has 24 heavy (non-hydrogen) atoms. The number of carbonyl (C=O) groups excluding carboxylic acids is 2. The van der Waals surface area contributed by atoms with Crippen LogP contribution in [0.25, 0.3) is 0 Å². The van der Waals surface area contributed by atoms with E-state index in [1.54, 1.807) is 12.1 Å². The summed E-state index contributed by atoms with van der Waals surface area (Å²) in [5.41, 5.74) is 0. The third-order valence-corrected chi connectivity index (χ3v) is 4.63. The predicted molar refractivity (Wildman–Crippen MR) is 93.5 cm³/mol. The van der Waals surface area contributed by atoms with Gasteiger partial charge in [-0.05, 0) is 37.3 Å². The van der Waals surface area contributed by atoms with E-state index < -0.39 is 5.97 Å². The fraction of sp³-hybridized carbons (Fsp3) is 0.556.